The lowest BCUT2D eigenvalue weighted by Gasteiger charge is -2.06. The number of hydrazine groups is 1. The first-order chi connectivity index (χ1) is 5.79. The lowest BCUT2D eigenvalue weighted by molar-refractivity contribution is 0.751. The van der Waals surface area contributed by atoms with Gasteiger partial charge in [-0.25, -0.2) is 5.43 Å². The van der Waals surface area contributed by atoms with E-state index in [1.165, 1.54) is 10.5 Å². The van der Waals surface area contributed by atoms with Crippen LogP contribution in [0.2, 0.25) is 0 Å². The summed E-state index contributed by atoms with van der Waals surface area (Å²) in [7, 11) is 0. The number of rotatable bonds is 1. The molecule has 0 fully saturated rings. The molecule has 0 saturated heterocycles. The summed E-state index contributed by atoms with van der Waals surface area (Å²) in [5.74, 6) is 5.32. The Hall–Kier alpha value is -0.710. The minimum Gasteiger partial charge on any atom is -0.359 e. The fourth-order valence-corrected chi connectivity index (χ4v) is 2.24. The van der Waals surface area contributed by atoms with E-state index in [0.29, 0.717) is 0 Å². The van der Waals surface area contributed by atoms with Gasteiger partial charge in [0.05, 0.1) is 0 Å². The summed E-state index contributed by atoms with van der Waals surface area (Å²) < 4.78 is 0. The summed E-state index contributed by atoms with van der Waals surface area (Å²) in [5.41, 5.74) is 5.23. The highest BCUT2D eigenvalue weighted by Crippen LogP contribution is 2.37. The fraction of sp³-hybridized carbons (Fsp3) is 0.250. The second-order valence-corrected chi connectivity index (χ2v) is 3.96. The van der Waals surface area contributed by atoms with Crippen molar-refractivity contribution in [3.8, 4) is 0 Å². The van der Waals surface area contributed by atoms with E-state index >= 15 is 0 Å². The Morgan fingerprint density at radius 1 is 1.58 bits per heavy atom. The molecule has 1 unspecified atom stereocenters. The molecule has 1 aliphatic heterocycles. The second kappa shape index (κ2) is 2.97. The smallest absolute Gasteiger partial charge is 0.142 e. The maximum Gasteiger partial charge on any atom is 0.142 e. The predicted octanol–water partition coefficient (Wildman–Crippen LogP) is 1.26. The van der Waals surface area contributed by atoms with Crippen molar-refractivity contribution in [2.24, 2.45) is 5.84 Å². The summed E-state index contributed by atoms with van der Waals surface area (Å²) in [4.78, 5) is 1.26. The number of thioether (sulfide) groups is 1. The van der Waals surface area contributed by atoms with Crippen LogP contribution in [0.15, 0.2) is 23.1 Å². The highest BCUT2D eigenvalue weighted by atomic mass is 32.2. The molecule has 3 nitrogen and oxygen atoms in total. The molecule has 0 aromatic heterocycles. The SMILES string of the molecule is Cc1ccc2c(c1)SC(NN)N2. The van der Waals surface area contributed by atoms with Crippen LogP contribution in [-0.4, -0.2) is 5.50 Å². The zero-order chi connectivity index (χ0) is 8.55. The summed E-state index contributed by atoms with van der Waals surface area (Å²) >= 11 is 1.70. The fourth-order valence-electron chi connectivity index (χ4n) is 1.22. The van der Waals surface area contributed by atoms with E-state index < -0.39 is 0 Å². The highest BCUT2D eigenvalue weighted by molar-refractivity contribution is 8.00. The number of nitrogens with two attached hydrogens (primary N) is 1. The largest absolute Gasteiger partial charge is 0.359 e. The van der Waals surface area contributed by atoms with Gasteiger partial charge in [0.2, 0.25) is 0 Å². The number of hydrogen-bond acceptors (Lipinski definition) is 4. The van der Waals surface area contributed by atoms with Crippen molar-refractivity contribution in [1.29, 1.82) is 0 Å². The molecule has 0 spiro atoms. The zero-order valence-corrected chi connectivity index (χ0v) is 7.61. The van der Waals surface area contributed by atoms with Crippen LogP contribution < -0.4 is 16.6 Å². The molecule has 4 N–H and O–H groups in total. The van der Waals surface area contributed by atoms with Crippen LogP contribution in [0.5, 0.6) is 0 Å². The average Bonchev–Trinajstić information content (AvgIpc) is 2.46. The molecule has 0 saturated carbocycles. The van der Waals surface area contributed by atoms with E-state index in [1.807, 2.05) is 0 Å². The van der Waals surface area contributed by atoms with Gasteiger partial charge in [0.25, 0.3) is 0 Å². The molecule has 1 aromatic rings. The molecule has 0 aliphatic carbocycles. The Labute approximate surface area is 75.7 Å². The second-order valence-electron chi connectivity index (χ2n) is 2.81. The van der Waals surface area contributed by atoms with Gasteiger partial charge in [0.1, 0.15) is 5.50 Å². The van der Waals surface area contributed by atoms with Crippen LogP contribution in [0, 0.1) is 6.92 Å². The van der Waals surface area contributed by atoms with Crippen LogP contribution in [0.4, 0.5) is 5.69 Å². The molecule has 0 bridgehead atoms. The van der Waals surface area contributed by atoms with Crippen molar-refractivity contribution < 1.29 is 0 Å². The lowest BCUT2D eigenvalue weighted by atomic mass is 10.2. The molecule has 1 heterocycles. The first-order valence-electron chi connectivity index (χ1n) is 3.79. The lowest BCUT2D eigenvalue weighted by Crippen LogP contribution is -2.35. The molecule has 64 valence electrons. The predicted molar refractivity (Wildman–Crippen MR) is 51.8 cm³/mol. The van der Waals surface area contributed by atoms with Gasteiger partial charge >= 0.3 is 0 Å². The highest BCUT2D eigenvalue weighted by Gasteiger charge is 2.19. The van der Waals surface area contributed by atoms with Gasteiger partial charge in [-0.2, -0.15) is 0 Å². The number of anilines is 1. The number of fused-ring (bicyclic) bond motifs is 1. The van der Waals surface area contributed by atoms with Crippen LogP contribution in [0.25, 0.3) is 0 Å². The third-order valence-corrected chi connectivity index (χ3v) is 2.90. The van der Waals surface area contributed by atoms with E-state index in [9.17, 15) is 0 Å². The van der Waals surface area contributed by atoms with Crippen molar-refractivity contribution >= 4 is 17.4 Å². The van der Waals surface area contributed by atoms with Gasteiger partial charge in [-0.15, -0.1) is 0 Å². The Kier molecular flexibility index (Phi) is 1.96. The third kappa shape index (κ3) is 1.29. The summed E-state index contributed by atoms with van der Waals surface area (Å²) in [6, 6.07) is 6.32. The molecule has 1 aromatic carbocycles. The molecule has 4 heteroatoms. The monoisotopic (exact) mass is 181 g/mol. The number of nitrogens with one attached hydrogen (secondary N) is 2. The standard InChI is InChI=1S/C8H11N3S/c1-5-2-3-6-7(4-5)12-8(10-6)11-9/h2-4,8,10-11H,9H2,1H3. The van der Waals surface area contributed by atoms with Crippen molar-refractivity contribution in [2.45, 2.75) is 17.3 Å². The topological polar surface area (TPSA) is 50.1 Å². The molecule has 0 amide bonds. The molecule has 1 atom stereocenters. The minimum atomic E-state index is 0.113. The van der Waals surface area contributed by atoms with Crippen LogP contribution in [0.3, 0.4) is 0 Å². The molecule has 2 rings (SSSR count). The van der Waals surface area contributed by atoms with Crippen molar-refractivity contribution in [2.75, 3.05) is 5.32 Å². The number of aryl methyl sites for hydroxylation is 1. The third-order valence-electron chi connectivity index (χ3n) is 1.82. The Morgan fingerprint density at radius 3 is 3.17 bits per heavy atom. The van der Waals surface area contributed by atoms with Crippen molar-refractivity contribution in [3.05, 3.63) is 23.8 Å². The maximum absolute atomic E-state index is 5.32. The van der Waals surface area contributed by atoms with Gasteiger partial charge in [0.15, 0.2) is 0 Å². The normalized spacial score (nSPS) is 20.3. The number of hydrogen-bond donors (Lipinski definition) is 3. The van der Waals surface area contributed by atoms with Gasteiger partial charge in [-0.05, 0) is 24.6 Å². The minimum absolute atomic E-state index is 0.113. The molecule has 1 aliphatic rings. The maximum atomic E-state index is 5.32. The molecule has 12 heavy (non-hydrogen) atoms. The quantitative estimate of drug-likeness (QED) is 0.451. The van der Waals surface area contributed by atoms with Crippen LogP contribution in [0.1, 0.15) is 5.56 Å². The first-order valence-corrected chi connectivity index (χ1v) is 4.67. The molecular weight excluding hydrogens is 170 g/mol. The van der Waals surface area contributed by atoms with Crippen molar-refractivity contribution in [1.82, 2.24) is 5.43 Å². The van der Waals surface area contributed by atoms with Gasteiger partial charge in [-0.3, -0.25) is 5.84 Å². The molecule has 0 radical (unpaired) electrons. The van der Waals surface area contributed by atoms with E-state index in [4.69, 9.17) is 5.84 Å². The van der Waals surface area contributed by atoms with E-state index in [1.54, 1.807) is 11.8 Å². The van der Waals surface area contributed by atoms with Gasteiger partial charge in [-0.1, -0.05) is 17.8 Å². The Bertz CT molecular complexity index is 300. The van der Waals surface area contributed by atoms with Gasteiger partial charge in [0, 0.05) is 10.6 Å². The average molecular weight is 181 g/mol. The van der Waals surface area contributed by atoms with E-state index in [0.717, 1.165) is 5.69 Å². The van der Waals surface area contributed by atoms with Crippen LogP contribution in [-0.2, 0) is 0 Å². The molecular formula is C8H11N3S. The Balaban J connectivity index is 2.30. The summed E-state index contributed by atoms with van der Waals surface area (Å²) in [6.07, 6.45) is 0. The van der Waals surface area contributed by atoms with E-state index in [2.05, 4.69) is 35.9 Å². The summed E-state index contributed by atoms with van der Waals surface area (Å²) in [6.45, 7) is 2.09. The van der Waals surface area contributed by atoms with E-state index in [-0.39, 0.29) is 5.50 Å². The van der Waals surface area contributed by atoms with Crippen molar-refractivity contribution in [3.63, 3.8) is 0 Å². The number of benzene rings is 1. The Morgan fingerprint density at radius 2 is 2.42 bits per heavy atom. The first kappa shape index (κ1) is 7.91. The zero-order valence-electron chi connectivity index (χ0n) is 6.79. The van der Waals surface area contributed by atoms with Crippen LogP contribution >= 0.6 is 11.8 Å². The van der Waals surface area contributed by atoms with Gasteiger partial charge < -0.3 is 5.32 Å². The summed E-state index contributed by atoms with van der Waals surface area (Å²) in [5, 5.41) is 3.24.